The maximum Gasteiger partial charge on any atom is 0.335 e. The first-order valence-corrected chi connectivity index (χ1v) is 13.1. The van der Waals surface area contributed by atoms with Crippen molar-refractivity contribution in [1.82, 2.24) is 0 Å². The zero-order valence-electron chi connectivity index (χ0n) is 18.6. The summed E-state index contributed by atoms with van der Waals surface area (Å²) in [4.78, 5) is 12.8. The number of rotatable bonds is 9. The Balaban J connectivity index is 1.98. The van der Waals surface area contributed by atoms with Crippen molar-refractivity contribution in [3.05, 3.63) is 40.1 Å². The standard InChI is InChI=1S/C21H27BrFNO10S/c1-2-32-20(29)12-8-21(33-18(15(27)9-25)19(34-21)16(28)10-26)6-5-17(12)35(30,31)24-14-4-3-11(23)7-13(14)22/h3-4,7-8,15-19,24-28H,2,5-6,9-10H2,1H3. The minimum absolute atomic E-state index is 0.0493. The fraction of sp³-hybridized carbons (Fsp3) is 0.571. The largest absolute Gasteiger partial charge is 0.463 e. The minimum atomic E-state index is -4.26. The lowest BCUT2D eigenvalue weighted by molar-refractivity contribution is -0.164. The van der Waals surface area contributed by atoms with Crippen molar-refractivity contribution in [3.8, 4) is 0 Å². The van der Waals surface area contributed by atoms with Crippen molar-refractivity contribution in [3.63, 3.8) is 0 Å². The second-order valence-electron chi connectivity index (χ2n) is 8.10. The highest BCUT2D eigenvalue weighted by Crippen LogP contribution is 2.43. The van der Waals surface area contributed by atoms with Crippen LogP contribution in [0.1, 0.15) is 19.8 Å². The molecule has 5 N–H and O–H groups in total. The van der Waals surface area contributed by atoms with Crippen LogP contribution < -0.4 is 4.72 Å². The number of hydrogen-bond acceptors (Lipinski definition) is 10. The van der Waals surface area contributed by atoms with Crippen LogP contribution in [0.2, 0.25) is 0 Å². The van der Waals surface area contributed by atoms with Gasteiger partial charge < -0.3 is 34.6 Å². The number of anilines is 1. The molecule has 5 atom stereocenters. The van der Waals surface area contributed by atoms with E-state index >= 15 is 0 Å². The van der Waals surface area contributed by atoms with Gasteiger partial charge in [0.05, 0.1) is 31.1 Å². The van der Waals surface area contributed by atoms with Gasteiger partial charge in [0.15, 0.2) is 5.79 Å². The number of sulfonamides is 1. The fourth-order valence-corrected chi connectivity index (χ4v) is 6.16. The Morgan fingerprint density at radius 3 is 2.37 bits per heavy atom. The summed E-state index contributed by atoms with van der Waals surface area (Å²) in [5.41, 5.74) is -0.249. The van der Waals surface area contributed by atoms with Crippen molar-refractivity contribution < 1.29 is 52.2 Å². The number of aliphatic hydroxyl groups is 4. The minimum Gasteiger partial charge on any atom is -0.463 e. The zero-order valence-corrected chi connectivity index (χ0v) is 21.0. The first-order valence-electron chi connectivity index (χ1n) is 10.8. The number of aliphatic hydroxyl groups excluding tert-OH is 4. The number of carbonyl (C=O) groups excluding carboxylic acids is 1. The first-order chi connectivity index (χ1) is 16.5. The van der Waals surface area contributed by atoms with E-state index in [0.29, 0.717) is 0 Å². The molecule has 35 heavy (non-hydrogen) atoms. The number of esters is 1. The fourth-order valence-electron chi connectivity index (χ4n) is 4.02. The van der Waals surface area contributed by atoms with Crippen molar-refractivity contribution in [2.75, 3.05) is 24.5 Å². The van der Waals surface area contributed by atoms with Gasteiger partial charge in [-0.2, -0.15) is 0 Å². The first kappa shape index (κ1) is 27.9. The molecule has 0 bridgehead atoms. The van der Waals surface area contributed by atoms with E-state index in [2.05, 4.69) is 20.7 Å². The van der Waals surface area contributed by atoms with Crippen molar-refractivity contribution in [2.24, 2.45) is 0 Å². The normalized spacial score (nSPS) is 28.4. The highest BCUT2D eigenvalue weighted by molar-refractivity contribution is 9.10. The van der Waals surface area contributed by atoms with Crippen molar-refractivity contribution in [2.45, 2.75) is 55.2 Å². The summed E-state index contributed by atoms with van der Waals surface area (Å²) in [5.74, 6) is -3.26. The Hall–Kier alpha value is -1.65. The quantitative estimate of drug-likeness (QED) is 0.252. The van der Waals surface area contributed by atoms with Crippen molar-refractivity contribution in [1.29, 1.82) is 0 Å². The Bertz CT molecular complexity index is 1050. The van der Waals surface area contributed by atoms with E-state index in [4.69, 9.17) is 14.2 Å². The Morgan fingerprint density at radius 1 is 1.26 bits per heavy atom. The Morgan fingerprint density at radius 2 is 1.86 bits per heavy atom. The monoisotopic (exact) mass is 583 g/mol. The average molecular weight is 584 g/mol. The predicted octanol–water partition coefficient (Wildman–Crippen LogP) is 0.169. The lowest BCUT2D eigenvalue weighted by Gasteiger charge is -2.34. The van der Waals surface area contributed by atoms with Gasteiger partial charge in [-0.05, 0) is 53.5 Å². The van der Waals surface area contributed by atoms with E-state index in [0.717, 1.165) is 18.2 Å². The summed E-state index contributed by atoms with van der Waals surface area (Å²) in [7, 11) is -4.26. The molecular formula is C21H27BrFNO10S. The van der Waals surface area contributed by atoms with Crippen molar-refractivity contribution >= 4 is 37.6 Å². The van der Waals surface area contributed by atoms with Crippen LogP contribution in [0.15, 0.2) is 34.3 Å². The lowest BCUT2D eigenvalue weighted by Crippen LogP contribution is -2.45. The highest BCUT2D eigenvalue weighted by Gasteiger charge is 2.55. The van der Waals surface area contributed by atoms with Crippen LogP contribution in [0.3, 0.4) is 0 Å². The predicted molar refractivity (Wildman–Crippen MR) is 123 cm³/mol. The van der Waals surface area contributed by atoms with Crippen LogP contribution in [-0.2, 0) is 29.0 Å². The van der Waals surface area contributed by atoms with Crippen LogP contribution in [0.5, 0.6) is 0 Å². The van der Waals surface area contributed by atoms with Crippen LogP contribution in [-0.4, -0.2) is 90.1 Å². The number of benzene rings is 1. The highest BCUT2D eigenvalue weighted by atomic mass is 79.9. The maximum atomic E-state index is 13.4. The summed E-state index contributed by atoms with van der Waals surface area (Å²) < 4.78 is 59.0. The van der Waals surface area contributed by atoms with E-state index in [1.165, 1.54) is 13.0 Å². The number of nitrogens with one attached hydrogen (secondary N) is 1. The van der Waals surface area contributed by atoms with Gasteiger partial charge in [0.25, 0.3) is 0 Å². The summed E-state index contributed by atoms with van der Waals surface area (Å²) in [6.45, 7) is 0.0198. The van der Waals surface area contributed by atoms with Gasteiger partial charge in [0.2, 0.25) is 10.0 Å². The van der Waals surface area contributed by atoms with E-state index in [1.807, 2.05) is 0 Å². The SMILES string of the molecule is CCOC(=O)C1=CC2(CCC1S(=O)(=O)Nc1ccc(F)cc1Br)OC(C(O)CO)C(C(O)CO)O2. The zero-order chi connectivity index (χ0) is 26.0. The van der Waals surface area contributed by atoms with Gasteiger partial charge in [0, 0.05) is 10.9 Å². The smallest absolute Gasteiger partial charge is 0.335 e. The molecule has 0 saturated carbocycles. The van der Waals surface area contributed by atoms with E-state index in [9.17, 15) is 38.0 Å². The van der Waals surface area contributed by atoms with Crippen LogP contribution in [0.25, 0.3) is 0 Å². The summed E-state index contributed by atoms with van der Waals surface area (Å²) >= 11 is 3.09. The molecule has 1 aliphatic carbocycles. The molecule has 1 spiro atoms. The molecule has 3 rings (SSSR count). The van der Waals surface area contributed by atoms with Crippen LogP contribution in [0, 0.1) is 5.82 Å². The summed E-state index contributed by atoms with van der Waals surface area (Å²) in [6.07, 6.45) is -4.71. The molecule has 1 aliphatic heterocycles. The molecule has 11 nitrogen and oxygen atoms in total. The second kappa shape index (κ2) is 11.2. The van der Waals surface area contributed by atoms with Gasteiger partial charge in [-0.3, -0.25) is 4.72 Å². The van der Waals surface area contributed by atoms with Crippen LogP contribution in [0.4, 0.5) is 10.1 Å². The van der Waals surface area contributed by atoms with Gasteiger partial charge in [-0.15, -0.1) is 0 Å². The summed E-state index contributed by atoms with van der Waals surface area (Å²) in [6, 6.07) is 3.37. The molecule has 1 fully saturated rings. The van der Waals surface area contributed by atoms with E-state index in [-0.39, 0.29) is 35.2 Å². The molecule has 2 aliphatic rings. The molecule has 0 amide bonds. The van der Waals surface area contributed by atoms with Gasteiger partial charge in [-0.25, -0.2) is 17.6 Å². The van der Waals surface area contributed by atoms with Gasteiger partial charge >= 0.3 is 5.97 Å². The van der Waals surface area contributed by atoms with Gasteiger partial charge in [-0.1, -0.05) is 0 Å². The van der Waals surface area contributed by atoms with E-state index < -0.39 is 70.5 Å². The van der Waals surface area contributed by atoms with Gasteiger partial charge in [0.1, 0.15) is 35.5 Å². The molecule has 0 radical (unpaired) electrons. The maximum absolute atomic E-state index is 13.4. The molecule has 0 aromatic heterocycles. The lowest BCUT2D eigenvalue weighted by atomic mass is 9.94. The molecular weight excluding hydrogens is 557 g/mol. The molecule has 5 unspecified atom stereocenters. The third-order valence-corrected chi connectivity index (χ3v) is 8.07. The second-order valence-corrected chi connectivity index (χ2v) is 10.8. The molecule has 196 valence electrons. The topological polar surface area (TPSA) is 172 Å². The Kier molecular flexibility index (Phi) is 8.91. The molecule has 1 heterocycles. The molecule has 1 aromatic rings. The number of ether oxygens (including phenoxy) is 3. The summed E-state index contributed by atoms with van der Waals surface area (Å²) in [5, 5.41) is 37.6. The third kappa shape index (κ3) is 6.02. The Labute approximate surface area is 209 Å². The molecule has 1 saturated heterocycles. The number of halogens is 2. The third-order valence-electron chi connectivity index (χ3n) is 5.67. The van der Waals surface area contributed by atoms with Crippen LogP contribution >= 0.6 is 15.9 Å². The number of carbonyl (C=O) groups is 1. The molecule has 1 aromatic carbocycles. The average Bonchev–Trinajstić information content (AvgIpc) is 3.18. The molecule has 14 heteroatoms. The number of hydrogen-bond donors (Lipinski definition) is 5. The van der Waals surface area contributed by atoms with E-state index in [1.54, 1.807) is 0 Å².